The van der Waals surface area contributed by atoms with E-state index in [0.29, 0.717) is 13.1 Å². The second kappa shape index (κ2) is 6.85. The van der Waals surface area contributed by atoms with Crippen molar-refractivity contribution in [3.05, 3.63) is 0 Å². The van der Waals surface area contributed by atoms with Crippen LogP contribution in [0.2, 0.25) is 0 Å². The molecule has 0 unspecified atom stereocenters. The Balaban J connectivity index is 2.59. The maximum absolute atomic E-state index is 8.71. The van der Waals surface area contributed by atoms with Gasteiger partial charge in [0.05, 0.1) is 25.2 Å². The zero-order chi connectivity index (χ0) is 11.9. The number of hydrogen-bond donors (Lipinski definition) is 0. The summed E-state index contributed by atoms with van der Waals surface area (Å²) in [7, 11) is 0. The molecule has 1 aliphatic rings. The van der Waals surface area contributed by atoms with E-state index < -0.39 is 0 Å². The van der Waals surface area contributed by atoms with Crippen LogP contribution in [-0.4, -0.2) is 43.1 Å². The molecule has 0 atom stereocenters. The molecule has 0 saturated carbocycles. The maximum atomic E-state index is 8.71. The Kier molecular flexibility index (Phi) is 5.76. The molecular formula is C11H16BrN3O. The largest absolute Gasteiger partial charge is 0.381 e. The van der Waals surface area contributed by atoms with Crippen LogP contribution in [0.25, 0.3) is 0 Å². The Labute approximate surface area is 105 Å². The van der Waals surface area contributed by atoms with E-state index in [1.54, 1.807) is 0 Å². The Morgan fingerprint density at radius 3 is 2.19 bits per heavy atom. The molecule has 0 amide bonds. The third-order valence-electron chi connectivity index (χ3n) is 2.98. The number of ether oxygens (including phenoxy) is 1. The lowest BCUT2D eigenvalue weighted by molar-refractivity contribution is 0.0119. The lowest BCUT2D eigenvalue weighted by atomic mass is 9.82. The molecule has 0 spiro atoms. The summed E-state index contributed by atoms with van der Waals surface area (Å²) in [5, 5.41) is 18.3. The van der Waals surface area contributed by atoms with Crippen LogP contribution in [0.3, 0.4) is 0 Å². The van der Waals surface area contributed by atoms with Crippen molar-refractivity contribution in [3.8, 4) is 12.1 Å². The first-order chi connectivity index (χ1) is 7.76. The zero-order valence-electron chi connectivity index (χ0n) is 9.28. The summed E-state index contributed by atoms with van der Waals surface area (Å²) in [4.78, 5) is 1.91. The number of hydrogen-bond acceptors (Lipinski definition) is 4. The Hall–Kier alpha value is -0.620. The van der Waals surface area contributed by atoms with Crippen molar-refractivity contribution < 1.29 is 4.74 Å². The predicted octanol–water partition coefficient (Wildman–Crippen LogP) is 1.53. The van der Waals surface area contributed by atoms with Gasteiger partial charge in [-0.2, -0.15) is 10.5 Å². The Bertz CT molecular complexity index is 273. The summed E-state index contributed by atoms with van der Waals surface area (Å²) in [5.41, 5.74) is 0.159. The summed E-state index contributed by atoms with van der Waals surface area (Å²) in [5.74, 6) is 0. The first-order valence-corrected chi connectivity index (χ1v) is 6.48. The highest BCUT2D eigenvalue weighted by Gasteiger charge is 2.33. The fourth-order valence-corrected chi connectivity index (χ4v) is 2.72. The van der Waals surface area contributed by atoms with Crippen LogP contribution in [0.4, 0.5) is 0 Å². The first kappa shape index (κ1) is 13.4. The van der Waals surface area contributed by atoms with Gasteiger partial charge >= 0.3 is 0 Å². The fourth-order valence-electron chi connectivity index (χ4n) is 1.98. The van der Waals surface area contributed by atoms with Gasteiger partial charge in [0, 0.05) is 25.1 Å². The van der Waals surface area contributed by atoms with E-state index in [9.17, 15) is 0 Å². The lowest BCUT2D eigenvalue weighted by Gasteiger charge is -2.38. The van der Waals surface area contributed by atoms with E-state index in [2.05, 4.69) is 28.1 Å². The Morgan fingerprint density at radius 2 is 1.75 bits per heavy atom. The highest BCUT2D eigenvalue weighted by atomic mass is 79.9. The van der Waals surface area contributed by atoms with Crippen LogP contribution in [0.5, 0.6) is 0 Å². The first-order valence-electron chi connectivity index (χ1n) is 5.36. The summed E-state index contributed by atoms with van der Waals surface area (Å²) in [6, 6.07) is 4.22. The van der Waals surface area contributed by atoms with E-state index in [4.69, 9.17) is 15.3 Å². The predicted molar refractivity (Wildman–Crippen MR) is 63.9 cm³/mol. The molecule has 88 valence electrons. The van der Waals surface area contributed by atoms with Gasteiger partial charge in [-0.3, -0.25) is 4.90 Å². The average molecular weight is 286 g/mol. The molecule has 4 nitrogen and oxygen atoms in total. The van der Waals surface area contributed by atoms with Gasteiger partial charge in [0.2, 0.25) is 0 Å². The second-order valence-corrected chi connectivity index (χ2v) is 4.77. The third-order valence-corrected chi connectivity index (χ3v) is 4.17. The van der Waals surface area contributed by atoms with Crippen molar-refractivity contribution in [2.75, 3.05) is 38.2 Å². The average Bonchev–Trinajstić information content (AvgIpc) is 2.31. The normalized spacial score (nSPS) is 19.0. The summed E-state index contributed by atoms with van der Waals surface area (Å²) >= 11 is 3.55. The molecule has 1 rings (SSSR count). The molecule has 1 heterocycles. The minimum atomic E-state index is 0.159. The van der Waals surface area contributed by atoms with E-state index in [-0.39, 0.29) is 5.41 Å². The summed E-state index contributed by atoms with van der Waals surface area (Å²) < 4.78 is 5.36. The van der Waals surface area contributed by atoms with E-state index in [1.165, 1.54) is 0 Å². The number of halogens is 1. The van der Waals surface area contributed by atoms with Gasteiger partial charge in [0.15, 0.2) is 0 Å². The topological polar surface area (TPSA) is 60.0 Å². The molecule has 16 heavy (non-hydrogen) atoms. The van der Waals surface area contributed by atoms with Gasteiger partial charge in [-0.25, -0.2) is 0 Å². The van der Waals surface area contributed by atoms with Crippen molar-refractivity contribution in [1.29, 1.82) is 10.5 Å². The van der Waals surface area contributed by atoms with Gasteiger partial charge in [0.1, 0.15) is 0 Å². The van der Waals surface area contributed by atoms with Crippen molar-refractivity contribution in [2.24, 2.45) is 5.41 Å². The van der Waals surface area contributed by atoms with Crippen molar-refractivity contribution in [3.63, 3.8) is 0 Å². The second-order valence-electron chi connectivity index (χ2n) is 4.21. The van der Waals surface area contributed by atoms with Gasteiger partial charge in [0.25, 0.3) is 0 Å². The monoisotopic (exact) mass is 285 g/mol. The van der Waals surface area contributed by atoms with Crippen molar-refractivity contribution in [2.45, 2.75) is 12.8 Å². The molecule has 1 aliphatic heterocycles. The molecule has 0 aromatic heterocycles. The molecule has 0 bridgehead atoms. The van der Waals surface area contributed by atoms with E-state index >= 15 is 0 Å². The molecule has 5 heteroatoms. The van der Waals surface area contributed by atoms with Crippen molar-refractivity contribution in [1.82, 2.24) is 4.90 Å². The number of alkyl halides is 1. The van der Waals surface area contributed by atoms with Crippen LogP contribution in [0.1, 0.15) is 12.8 Å². The van der Waals surface area contributed by atoms with Crippen LogP contribution >= 0.6 is 15.9 Å². The quantitative estimate of drug-likeness (QED) is 0.568. The van der Waals surface area contributed by atoms with Gasteiger partial charge in [-0.05, 0) is 18.3 Å². The molecule has 1 saturated heterocycles. The standard InChI is InChI=1S/C11H16BrN3O/c12-9-11(1-7-16-8-2-11)10-15(5-3-13)6-4-14/h1-2,5-10H2. The molecule has 0 radical (unpaired) electrons. The zero-order valence-corrected chi connectivity index (χ0v) is 10.9. The van der Waals surface area contributed by atoms with Crippen LogP contribution in [0.15, 0.2) is 0 Å². The minimum Gasteiger partial charge on any atom is -0.381 e. The molecule has 0 aliphatic carbocycles. The molecule has 0 aromatic carbocycles. The van der Waals surface area contributed by atoms with Gasteiger partial charge in [-0.1, -0.05) is 15.9 Å². The summed E-state index contributed by atoms with van der Waals surface area (Å²) in [6.45, 7) is 2.99. The fraction of sp³-hybridized carbons (Fsp3) is 0.818. The van der Waals surface area contributed by atoms with E-state index in [0.717, 1.165) is 37.9 Å². The SMILES string of the molecule is N#CCN(CC#N)CC1(CBr)CCOCC1. The number of nitriles is 2. The number of nitrogens with zero attached hydrogens (tertiary/aromatic N) is 3. The lowest BCUT2D eigenvalue weighted by Crippen LogP contribution is -2.43. The van der Waals surface area contributed by atoms with Gasteiger partial charge < -0.3 is 4.74 Å². The molecule has 0 N–H and O–H groups in total. The van der Waals surface area contributed by atoms with E-state index in [1.807, 2.05) is 4.90 Å². The Morgan fingerprint density at radius 1 is 1.19 bits per heavy atom. The van der Waals surface area contributed by atoms with Crippen molar-refractivity contribution >= 4 is 15.9 Å². The smallest absolute Gasteiger partial charge is 0.0874 e. The third kappa shape index (κ3) is 3.75. The highest BCUT2D eigenvalue weighted by Crippen LogP contribution is 2.33. The molecule has 0 aromatic rings. The van der Waals surface area contributed by atoms with Crippen LogP contribution in [-0.2, 0) is 4.74 Å². The van der Waals surface area contributed by atoms with Crippen LogP contribution < -0.4 is 0 Å². The number of rotatable bonds is 5. The van der Waals surface area contributed by atoms with Crippen LogP contribution in [0, 0.1) is 28.1 Å². The molecular weight excluding hydrogens is 270 g/mol. The molecule has 1 fully saturated rings. The maximum Gasteiger partial charge on any atom is 0.0874 e. The minimum absolute atomic E-state index is 0.159. The summed E-state index contributed by atoms with van der Waals surface area (Å²) in [6.07, 6.45) is 1.98. The highest BCUT2D eigenvalue weighted by molar-refractivity contribution is 9.09. The van der Waals surface area contributed by atoms with Gasteiger partial charge in [-0.15, -0.1) is 0 Å².